The Labute approximate surface area is 79.0 Å². The Kier molecular flexibility index (Phi) is 1.81. The molecule has 68 valence electrons. The molecule has 6 heteroatoms. The van der Waals surface area contributed by atoms with Crippen LogP contribution >= 0.6 is 11.6 Å². The quantitative estimate of drug-likeness (QED) is 0.636. The number of carboxylic acid groups (broad SMARTS) is 1. The molecule has 0 aromatic carbocycles. The van der Waals surface area contributed by atoms with Gasteiger partial charge in [-0.2, -0.15) is 0 Å². The van der Waals surface area contributed by atoms with Crippen molar-refractivity contribution in [2.75, 3.05) is 0 Å². The van der Waals surface area contributed by atoms with Gasteiger partial charge in [-0.25, -0.2) is 14.8 Å². The van der Waals surface area contributed by atoms with Crippen LogP contribution in [0.25, 0.3) is 0 Å². The molecule has 0 saturated heterocycles. The summed E-state index contributed by atoms with van der Waals surface area (Å²) >= 11 is 5.77. The predicted octanol–water partition coefficient (Wildman–Crippen LogP) is 1.12. The van der Waals surface area contributed by atoms with Crippen molar-refractivity contribution in [1.82, 2.24) is 14.9 Å². The molecule has 2 rings (SSSR count). The first-order valence-corrected chi connectivity index (χ1v) is 4.02. The predicted molar refractivity (Wildman–Crippen MR) is 44.3 cm³/mol. The normalized spacial score (nSPS) is 14.4. The molecule has 13 heavy (non-hydrogen) atoms. The number of halogens is 1. The molecule has 2 heterocycles. The van der Waals surface area contributed by atoms with E-state index in [0.29, 0.717) is 23.0 Å². The molecular formula is C7H6ClN3O2. The van der Waals surface area contributed by atoms with Crippen LogP contribution in [0.4, 0.5) is 4.79 Å². The van der Waals surface area contributed by atoms with Gasteiger partial charge in [0.15, 0.2) is 0 Å². The summed E-state index contributed by atoms with van der Waals surface area (Å²) in [4.78, 5) is 19.6. The highest BCUT2D eigenvalue weighted by Crippen LogP contribution is 2.25. The zero-order valence-electron chi connectivity index (χ0n) is 6.57. The minimum absolute atomic E-state index is 0.282. The number of rotatable bonds is 0. The first-order valence-electron chi connectivity index (χ1n) is 3.64. The van der Waals surface area contributed by atoms with Crippen LogP contribution in [0.3, 0.4) is 0 Å². The topological polar surface area (TPSA) is 66.3 Å². The molecule has 0 bridgehead atoms. The van der Waals surface area contributed by atoms with E-state index in [1.165, 1.54) is 11.2 Å². The van der Waals surface area contributed by atoms with Crippen molar-refractivity contribution >= 4 is 17.7 Å². The first kappa shape index (κ1) is 8.25. The maximum absolute atomic E-state index is 10.6. The third-order valence-electron chi connectivity index (χ3n) is 1.94. The van der Waals surface area contributed by atoms with Crippen LogP contribution in [0, 0.1) is 0 Å². The lowest BCUT2D eigenvalue weighted by atomic mass is 10.3. The fraction of sp³-hybridized carbons (Fsp3) is 0.286. The molecule has 1 aliphatic rings. The summed E-state index contributed by atoms with van der Waals surface area (Å²) in [6.45, 7) is 0.581. The van der Waals surface area contributed by atoms with Gasteiger partial charge in [0, 0.05) is 5.56 Å². The molecule has 0 spiro atoms. The van der Waals surface area contributed by atoms with Gasteiger partial charge >= 0.3 is 6.09 Å². The van der Waals surface area contributed by atoms with Gasteiger partial charge in [0.2, 0.25) is 0 Å². The SMILES string of the molecule is O=C(O)N1Cc2ncnc(Cl)c2C1. The highest BCUT2D eigenvalue weighted by atomic mass is 35.5. The smallest absolute Gasteiger partial charge is 0.407 e. The molecule has 5 nitrogen and oxygen atoms in total. The Balaban J connectivity index is 2.35. The zero-order valence-corrected chi connectivity index (χ0v) is 7.32. The lowest BCUT2D eigenvalue weighted by molar-refractivity contribution is 0.145. The van der Waals surface area contributed by atoms with Gasteiger partial charge in [-0.15, -0.1) is 0 Å². The Bertz CT molecular complexity index is 369. The van der Waals surface area contributed by atoms with E-state index >= 15 is 0 Å². The number of fused-ring (bicyclic) bond motifs is 1. The fourth-order valence-electron chi connectivity index (χ4n) is 1.28. The second kappa shape index (κ2) is 2.85. The highest BCUT2D eigenvalue weighted by Gasteiger charge is 2.26. The number of carbonyl (C=O) groups is 1. The largest absolute Gasteiger partial charge is 0.465 e. The van der Waals surface area contributed by atoms with Gasteiger partial charge in [0.05, 0.1) is 18.8 Å². The number of amides is 1. The van der Waals surface area contributed by atoms with Crippen LogP contribution in [0.15, 0.2) is 6.33 Å². The summed E-state index contributed by atoms with van der Waals surface area (Å²) in [6, 6.07) is 0. The van der Waals surface area contributed by atoms with Gasteiger partial charge < -0.3 is 5.11 Å². The van der Waals surface area contributed by atoms with Crippen LogP contribution in [-0.4, -0.2) is 26.1 Å². The van der Waals surface area contributed by atoms with E-state index in [0.717, 1.165) is 0 Å². The van der Waals surface area contributed by atoms with Crippen LogP contribution in [0.5, 0.6) is 0 Å². The number of hydrogen-bond donors (Lipinski definition) is 1. The van der Waals surface area contributed by atoms with Crippen molar-refractivity contribution in [1.29, 1.82) is 0 Å². The van der Waals surface area contributed by atoms with Gasteiger partial charge in [-0.1, -0.05) is 11.6 Å². The van der Waals surface area contributed by atoms with Crippen molar-refractivity contribution in [2.24, 2.45) is 0 Å². The van der Waals surface area contributed by atoms with Gasteiger partial charge in [-0.3, -0.25) is 4.90 Å². The maximum atomic E-state index is 10.6. The molecule has 0 radical (unpaired) electrons. The minimum Gasteiger partial charge on any atom is -0.465 e. The van der Waals surface area contributed by atoms with Crippen molar-refractivity contribution in [3.8, 4) is 0 Å². The minimum atomic E-state index is -0.964. The van der Waals surface area contributed by atoms with E-state index in [1.807, 2.05) is 0 Å². The van der Waals surface area contributed by atoms with E-state index in [4.69, 9.17) is 16.7 Å². The monoisotopic (exact) mass is 199 g/mol. The lowest BCUT2D eigenvalue weighted by Crippen LogP contribution is -2.22. The van der Waals surface area contributed by atoms with Crippen LogP contribution < -0.4 is 0 Å². The second-order valence-electron chi connectivity index (χ2n) is 2.73. The summed E-state index contributed by atoms with van der Waals surface area (Å²) in [6.07, 6.45) is 0.376. The summed E-state index contributed by atoms with van der Waals surface area (Å²) in [5.74, 6) is 0. The van der Waals surface area contributed by atoms with E-state index in [9.17, 15) is 4.79 Å². The van der Waals surface area contributed by atoms with Crippen LogP contribution in [0.1, 0.15) is 11.3 Å². The molecule has 0 unspecified atom stereocenters. The summed E-state index contributed by atoms with van der Waals surface area (Å²) in [7, 11) is 0. The van der Waals surface area contributed by atoms with Crippen molar-refractivity contribution in [3.63, 3.8) is 0 Å². The molecule has 1 N–H and O–H groups in total. The number of nitrogens with zero attached hydrogens (tertiary/aromatic N) is 3. The maximum Gasteiger partial charge on any atom is 0.407 e. The Morgan fingerprint density at radius 2 is 2.31 bits per heavy atom. The van der Waals surface area contributed by atoms with Crippen molar-refractivity contribution < 1.29 is 9.90 Å². The van der Waals surface area contributed by atoms with E-state index < -0.39 is 6.09 Å². The van der Waals surface area contributed by atoms with Gasteiger partial charge in [0.1, 0.15) is 11.5 Å². The van der Waals surface area contributed by atoms with Crippen LogP contribution in [0.2, 0.25) is 5.15 Å². The van der Waals surface area contributed by atoms with Gasteiger partial charge in [0.25, 0.3) is 0 Å². The standard InChI is InChI=1S/C7H6ClN3O2/c8-6-4-1-11(7(12)13)2-5(4)9-3-10-6/h3H,1-2H2,(H,12,13). The number of aromatic nitrogens is 2. The van der Waals surface area contributed by atoms with E-state index in [-0.39, 0.29) is 6.54 Å². The Hall–Kier alpha value is -1.36. The fourth-order valence-corrected chi connectivity index (χ4v) is 1.49. The lowest BCUT2D eigenvalue weighted by Gasteiger charge is -2.08. The molecule has 1 aromatic heterocycles. The van der Waals surface area contributed by atoms with Crippen LogP contribution in [-0.2, 0) is 13.1 Å². The molecule has 1 amide bonds. The zero-order chi connectivity index (χ0) is 9.42. The Morgan fingerprint density at radius 3 is 2.92 bits per heavy atom. The van der Waals surface area contributed by atoms with Crippen molar-refractivity contribution in [3.05, 3.63) is 22.7 Å². The molecule has 0 saturated carbocycles. The molecule has 1 aliphatic heterocycles. The molecule has 0 aliphatic carbocycles. The average molecular weight is 200 g/mol. The Morgan fingerprint density at radius 1 is 1.54 bits per heavy atom. The number of hydrogen-bond acceptors (Lipinski definition) is 3. The second-order valence-corrected chi connectivity index (χ2v) is 3.09. The summed E-state index contributed by atoms with van der Waals surface area (Å²) in [5.41, 5.74) is 1.41. The molecule has 1 aromatic rings. The average Bonchev–Trinajstić information content (AvgIpc) is 2.49. The molecular weight excluding hydrogens is 194 g/mol. The van der Waals surface area contributed by atoms with E-state index in [1.54, 1.807) is 0 Å². The first-order chi connectivity index (χ1) is 6.18. The third-order valence-corrected chi connectivity index (χ3v) is 2.27. The molecule has 0 fully saturated rings. The summed E-state index contributed by atoms with van der Waals surface area (Å²) in [5, 5.41) is 9.05. The van der Waals surface area contributed by atoms with E-state index in [2.05, 4.69) is 9.97 Å². The van der Waals surface area contributed by atoms with Crippen molar-refractivity contribution in [2.45, 2.75) is 13.1 Å². The molecule has 0 atom stereocenters. The van der Waals surface area contributed by atoms with Gasteiger partial charge in [-0.05, 0) is 0 Å². The highest BCUT2D eigenvalue weighted by molar-refractivity contribution is 6.30. The summed E-state index contributed by atoms with van der Waals surface area (Å²) < 4.78 is 0. The third kappa shape index (κ3) is 1.31.